The van der Waals surface area contributed by atoms with Crippen molar-refractivity contribution in [3.8, 4) is 0 Å². The average Bonchev–Trinajstić information content (AvgIpc) is 2.33. The molecule has 0 aliphatic rings. The van der Waals surface area contributed by atoms with Crippen molar-refractivity contribution in [2.24, 2.45) is 5.73 Å². The third-order valence-corrected chi connectivity index (χ3v) is 3.73. The standard InChI is InChI=1S/C15H16ClN3S/c1-8-7-13(14(15(17)20)10(3)18-8)19-12-6-4-5-11(16)9(12)2/h4-7H,1-3H3,(H2,17,20)(H,18,19). The average molecular weight is 306 g/mol. The van der Waals surface area contributed by atoms with E-state index in [1.165, 1.54) is 0 Å². The van der Waals surface area contributed by atoms with Gasteiger partial charge in [0.25, 0.3) is 0 Å². The van der Waals surface area contributed by atoms with Gasteiger partial charge >= 0.3 is 0 Å². The third-order valence-electron chi connectivity index (χ3n) is 3.11. The molecule has 0 aliphatic carbocycles. The van der Waals surface area contributed by atoms with Gasteiger partial charge in [-0.1, -0.05) is 29.9 Å². The van der Waals surface area contributed by atoms with E-state index in [0.717, 1.165) is 38.9 Å². The van der Waals surface area contributed by atoms with Crippen LogP contribution in [0, 0.1) is 20.8 Å². The Kier molecular flexibility index (Phi) is 4.26. The van der Waals surface area contributed by atoms with Crippen LogP contribution in [-0.4, -0.2) is 9.97 Å². The molecular formula is C15H16ClN3S. The van der Waals surface area contributed by atoms with Gasteiger partial charge in [0.1, 0.15) is 4.99 Å². The van der Waals surface area contributed by atoms with Gasteiger partial charge in [0.05, 0.1) is 11.3 Å². The maximum atomic E-state index is 6.14. The number of nitrogens with one attached hydrogen (secondary N) is 1. The molecule has 2 aromatic rings. The van der Waals surface area contributed by atoms with Crippen LogP contribution >= 0.6 is 23.8 Å². The van der Waals surface area contributed by atoms with E-state index in [4.69, 9.17) is 29.6 Å². The largest absolute Gasteiger partial charge is 0.389 e. The van der Waals surface area contributed by atoms with Crippen molar-refractivity contribution in [3.63, 3.8) is 0 Å². The summed E-state index contributed by atoms with van der Waals surface area (Å²) in [6, 6.07) is 7.66. The van der Waals surface area contributed by atoms with Crippen molar-refractivity contribution in [2.45, 2.75) is 20.8 Å². The number of thiocarbonyl (C=S) groups is 1. The van der Waals surface area contributed by atoms with Gasteiger partial charge in [-0.05, 0) is 44.5 Å². The second kappa shape index (κ2) is 5.77. The molecule has 3 nitrogen and oxygen atoms in total. The van der Waals surface area contributed by atoms with E-state index in [1.54, 1.807) is 0 Å². The molecule has 0 bridgehead atoms. The Labute approximate surface area is 129 Å². The number of aryl methyl sites for hydroxylation is 2. The van der Waals surface area contributed by atoms with Gasteiger partial charge in [-0.15, -0.1) is 0 Å². The molecule has 5 heteroatoms. The second-order valence-corrected chi connectivity index (χ2v) is 5.52. The highest BCUT2D eigenvalue weighted by Crippen LogP contribution is 2.29. The van der Waals surface area contributed by atoms with Crippen molar-refractivity contribution in [2.75, 3.05) is 5.32 Å². The summed E-state index contributed by atoms with van der Waals surface area (Å²) in [5.74, 6) is 0. The number of rotatable bonds is 3. The summed E-state index contributed by atoms with van der Waals surface area (Å²) in [4.78, 5) is 4.73. The summed E-state index contributed by atoms with van der Waals surface area (Å²) in [5.41, 5.74) is 11.1. The van der Waals surface area contributed by atoms with Crippen LogP contribution in [0.25, 0.3) is 0 Å². The van der Waals surface area contributed by atoms with E-state index in [1.807, 2.05) is 45.0 Å². The molecule has 1 aromatic carbocycles. The Bertz CT molecular complexity index is 683. The summed E-state index contributed by atoms with van der Waals surface area (Å²) >= 11 is 11.3. The lowest BCUT2D eigenvalue weighted by atomic mass is 10.1. The number of aromatic nitrogens is 1. The summed E-state index contributed by atoms with van der Waals surface area (Å²) in [6.45, 7) is 5.80. The Morgan fingerprint density at radius 3 is 2.60 bits per heavy atom. The van der Waals surface area contributed by atoms with Crippen molar-refractivity contribution < 1.29 is 0 Å². The molecule has 0 atom stereocenters. The van der Waals surface area contributed by atoms with Gasteiger partial charge in [0.2, 0.25) is 0 Å². The number of nitrogens with zero attached hydrogens (tertiary/aromatic N) is 1. The van der Waals surface area contributed by atoms with Gasteiger partial charge < -0.3 is 11.1 Å². The molecule has 2 rings (SSSR count). The monoisotopic (exact) mass is 305 g/mol. The zero-order chi connectivity index (χ0) is 14.9. The fraction of sp³-hybridized carbons (Fsp3) is 0.200. The van der Waals surface area contributed by atoms with E-state index in [-0.39, 0.29) is 0 Å². The number of hydrogen-bond donors (Lipinski definition) is 2. The first-order chi connectivity index (χ1) is 9.40. The fourth-order valence-corrected chi connectivity index (χ4v) is 2.56. The quantitative estimate of drug-likeness (QED) is 0.840. The third kappa shape index (κ3) is 2.92. The lowest BCUT2D eigenvalue weighted by Crippen LogP contribution is -2.15. The first-order valence-corrected chi connectivity index (χ1v) is 6.99. The minimum atomic E-state index is 0.331. The van der Waals surface area contributed by atoms with E-state index in [9.17, 15) is 0 Å². The van der Waals surface area contributed by atoms with Crippen LogP contribution in [0.4, 0.5) is 11.4 Å². The molecule has 0 unspecified atom stereocenters. The molecule has 0 saturated heterocycles. The summed E-state index contributed by atoms with van der Waals surface area (Å²) < 4.78 is 0. The molecule has 0 amide bonds. The molecule has 104 valence electrons. The van der Waals surface area contributed by atoms with Crippen molar-refractivity contribution >= 4 is 40.2 Å². The Morgan fingerprint density at radius 1 is 1.25 bits per heavy atom. The Balaban J connectivity index is 2.53. The number of halogens is 1. The number of benzene rings is 1. The van der Waals surface area contributed by atoms with Gasteiger partial charge in [0, 0.05) is 22.1 Å². The van der Waals surface area contributed by atoms with E-state index in [2.05, 4.69) is 10.3 Å². The summed E-state index contributed by atoms with van der Waals surface area (Å²) in [6.07, 6.45) is 0. The van der Waals surface area contributed by atoms with Crippen LogP contribution in [0.5, 0.6) is 0 Å². The van der Waals surface area contributed by atoms with Crippen LogP contribution in [0.3, 0.4) is 0 Å². The highest BCUT2D eigenvalue weighted by Gasteiger charge is 2.12. The zero-order valence-electron chi connectivity index (χ0n) is 11.6. The molecule has 0 saturated carbocycles. The van der Waals surface area contributed by atoms with Gasteiger partial charge in [-0.25, -0.2) is 0 Å². The number of pyridine rings is 1. The highest BCUT2D eigenvalue weighted by atomic mass is 35.5. The minimum Gasteiger partial charge on any atom is -0.389 e. The van der Waals surface area contributed by atoms with Crippen molar-refractivity contribution in [1.82, 2.24) is 4.98 Å². The molecule has 0 spiro atoms. The number of hydrogen-bond acceptors (Lipinski definition) is 3. The predicted molar refractivity (Wildman–Crippen MR) is 89.1 cm³/mol. The van der Waals surface area contributed by atoms with E-state index < -0.39 is 0 Å². The van der Waals surface area contributed by atoms with Crippen LogP contribution in [0.2, 0.25) is 5.02 Å². The van der Waals surface area contributed by atoms with Crippen LogP contribution in [0.1, 0.15) is 22.5 Å². The van der Waals surface area contributed by atoms with Crippen LogP contribution in [-0.2, 0) is 0 Å². The number of anilines is 2. The van der Waals surface area contributed by atoms with E-state index >= 15 is 0 Å². The smallest absolute Gasteiger partial charge is 0.107 e. The first-order valence-electron chi connectivity index (χ1n) is 6.20. The van der Waals surface area contributed by atoms with Gasteiger partial charge in [0.15, 0.2) is 0 Å². The van der Waals surface area contributed by atoms with Crippen LogP contribution in [0.15, 0.2) is 24.3 Å². The molecule has 0 radical (unpaired) electrons. The number of nitrogens with two attached hydrogens (primary N) is 1. The lowest BCUT2D eigenvalue weighted by molar-refractivity contribution is 1.11. The van der Waals surface area contributed by atoms with Gasteiger partial charge in [-0.3, -0.25) is 4.98 Å². The predicted octanol–water partition coefficient (Wildman–Crippen LogP) is 4.04. The normalized spacial score (nSPS) is 10.4. The maximum absolute atomic E-state index is 6.14. The van der Waals surface area contributed by atoms with Crippen molar-refractivity contribution in [1.29, 1.82) is 0 Å². The second-order valence-electron chi connectivity index (χ2n) is 4.67. The molecule has 0 aliphatic heterocycles. The lowest BCUT2D eigenvalue weighted by Gasteiger charge is -2.16. The molecule has 20 heavy (non-hydrogen) atoms. The molecule has 3 N–H and O–H groups in total. The highest BCUT2D eigenvalue weighted by molar-refractivity contribution is 7.80. The maximum Gasteiger partial charge on any atom is 0.107 e. The minimum absolute atomic E-state index is 0.331. The van der Waals surface area contributed by atoms with Crippen molar-refractivity contribution in [3.05, 3.63) is 51.8 Å². The van der Waals surface area contributed by atoms with Crippen LogP contribution < -0.4 is 11.1 Å². The Hall–Kier alpha value is -1.65. The Morgan fingerprint density at radius 2 is 1.95 bits per heavy atom. The molecule has 0 fully saturated rings. The first kappa shape index (κ1) is 14.8. The van der Waals surface area contributed by atoms with Gasteiger partial charge in [-0.2, -0.15) is 0 Å². The topological polar surface area (TPSA) is 50.9 Å². The van der Waals surface area contributed by atoms with E-state index in [0.29, 0.717) is 4.99 Å². The summed E-state index contributed by atoms with van der Waals surface area (Å²) in [7, 11) is 0. The SMILES string of the molecule is Cc1cc(Nc2cccc(Cl)c2C)c(C(N)=S)c(C)n1. The molecule has 1 heterocycles. The molecular weight excluding hydrogens is 290 g/mol. The zero-order valence-corrected chi connectivity index (χ0v) is 13.2. The summed E-state index contributed by atoms with van der Waals surface area (Å²) in [5, 5.41) is 4.07. The molecule has 1 aromatic heterocycles. The fourth-order valence-electron chi connectivity index (χ4n) is 2.13.